The number of hydrogen-bond acceptors (Lipinski definition) is 13. The topological polar surface area (TPSA) is 256 Å². The molecule has 0 aromatic heterocycles. The molecular weight excluding hydrogens is 836 g/mol. The van der Waals surface area contributed by atoms with Crippen LogP contribution in [-0.2, 0) is 33.4 Å². The van der Waals surface area contributed by atoms with Gasteiger partial charge in [0.25, 0.3) is 5.91 Å². The lowest BCUT2D eigenvalue weighted by atomic mass is 9.96. The molecule has 1 fully saturated rings. The van der Waals surface area contributed by atoms with E-state index in [1.165, 1.54) is 121 Å². The second-order valence-electron chi connectivity index (χ2n) is 16.8. The lowest BCUT2D eigenvalue weighted by Gasteiger charge is -2.43. The minimum atomic E-state index is -1.67. The van der Waals surface area contributed by atoms with Crippen molar-refractivity contribution in [2.24, 2.45) is 5.73 Å². The van der Waals surface area contributed by atoms with E-state index in [1.807, 2.05) is 0 Å². The van der Waals surface area contributed by atoms with Crippen molar-refractivity contribution in [2.75, 3.05) is 19.8 Å². The molecule has 17 heteroatoms. The second-order valence-corrected chi connectivity index (χ2v) is 17.2. The maximum atomic E-state index is 13.0. The van der Waals surface area contributed by atoms with E-state index in [1.54, 1.807) is 6.92 Å². The predicted octanol–water partition coefficient (Wildman–Crippen LogP) is 4.88. The van der Waals surface area contributed by atoms with E-state index in [-0.39, 0.29) is 31.4 Å². The molecule has 9 N–H and O–H groups in total. The third-order valence-corrected chi connectivity index (χ3v) is 11.6. The van der Waals surface area contributed by atoms with Crippen molar-refractivity contribution in [1.29, 1.82) is 0 Å². The van der Waals surface area contributed by atoms with Crippen molar-refractivity contribution in [2.45, 2.75) is 204 Å². The van der Waals surface area contributed by atoms with Gasteiger partial charge in [0.2, 0.25) is 11.8 Å². The summed E-state index contributed by atoms with van der Waals surface area (Å²) in [6.07, 6.45) is 16.5. The summed E-state index contributed by atoms with van der Waals surface area (Å²) >= 11 is 5.91. The van der Waals surface area contributed by atoms with Crippen LogP contribution in [0.1, 0.15) is 165 Å². The third kappa shape index (κ3) is 23.5. The van der Waals surface area contributed by atoms with Gasteiger partial charge in [0, 0.05) is 30.0 Å². The minimum Gasteiger partial charge on any atom is -0.394 e. The first-order chi connectivity index (χ1) is 30.3. The van der Waals surface area contributed by atoms with Crippen LogP contribution >= 0.6 is 11.6 Å². The van der Waals surface area contributed by atoms with Crippen molar-refractivity contribution in [3.05, 3.63) is 34.9 Å². The van der Waals surface area contributed by atoms with Crippen molar-refractivity contribution in [1.82, 2.24) is 16.0 Å². The summed E-state index contributed by atoms with van der Waals surface area (Å²) in [5.41, 5.74) is 5.68. The molecule has 8 atom stereocenters. The van der Waals surface area contributed by atoms with Crippen LogP contribution in [0.5, 0.6) is 0 Å². The number of rotatable bonds is 35. The number of esters is 2. The number of nitrogens with one attached hydrogen (secondary N) is 3. The van der Waals surface area contributed by atoms with E-state index < -0.39 is 91.7 Å². The molecule has 0 aliphatic carbocycles. The molecule has 0 saturated carbocycles. The van der Waals surface area contributed by atoms with Crippen LogP contribution in [0.25, 0.3) is 0 Å². The third-order valence-electron chi connectivity index (χ3n) is 11.3. The van der Waals surface area contributed by atoms with Crippen LogP contribution in [-0.4, -0.2) is 119 Å². The number of benzene rings is 1. The summed E-state index contributed by atoms with van der Waals surface area (Å²) in [6.45, 7) is 2.32. The van der Waals surface area contributed by atoms with Gasteiger partial charge in [-0.2, -0.15) is 0 Å². The highest BCUT2D eigenvalue weighted by Crippen LogP contribution is 2.24. The zero-order valence-electron chi connectivity index (χ0n) is 37.6. The number of halogens is 1. The van der Waals surface area contributed by atoms with Crippen LogP contribution in [0.15, 0.2) is 24.3 Å². The number of carbonyl (C=O) groups excluding carboxylic acids is 5. The number of carbonyl (C=O) groups is 5. The zero-order chi connectivity index (χ0) is 46.4. The van der Waals surface area contributed by atoms with Crippen molar-refractivity contribution < 1.29 is 58.6 Å². The molecule has 1 unspecified atom stereocenters. The van der Waals surface area contributed by atoms with Gasteiger partial charge in [-0.25, -0.2) is 0 Å². The number of aliphatic hydroxyl groups excluding tert-OH is 4. The van der Waals surface area contributed by atoms with E-state index in [4.69, 9.17) is 31.5 Å². The largest absolute Gasteiger partial charge is 0.394 e. The van der Waals surface area contributed by atoms with Crippen LogP contribution < -0.4 is 21.7 Å². The van der Waals surface area contributed by atoms with Gasteiger partial charge in [0.05, 0.1) is 19.3 Å². The highest BCUT2D eigenvalue weighted by atomic mass is 35.5. The van der Waals surface area contributed by atoms with Gasteiger partial charge >= 0.3 is 11.9 Å². The fraction of sp³-hybridized carbons (Fsp3) is 0.761. The van der Waals surface area contributed by atoms with Gasteiger partial charge in [0.1, 0.15) is 36.4 Å². The summed E-state index contributed by atoms with van der Waals surface area (Å²) in [7, 11) is 0. The van der Waals surface area contributed by atoms with Gasteiger partial charge in [-0.3, -0.25) is 24.0 Å². The van der Waals surface area contributed by atoms with Crippen LogP contribution in [0.3, 0.4) is 0 Å². The van der Waals surface area contributed by atoms with Gasteiger partial charge in [-0.1, -0.05) is 134 Å². The SMILES string of the molecule is CCCCCCCCCCCCCCCCCCCCCC(=O)OC(=O)CC[C@@H](NC(=O)[C@H](CO)NCC(C)O[C@H]1[C@H](O)[C@@H](CO)O[C@H](O)[C@@H]1NC(=O)c1ccc(Cl)cc1)C(N)=O. The number of unbranched alkanes of at least 4 members (excludes halogenated alkanes) is 18. The average molecular weight is 914 g/mol. The van der Waals surface area contributed by atoms with E-state index in [0.717, 1.165) is 19.3 Å². The molecule has 1 heterocycles. The Morgan fingerprint density at radius 3 is 1.76 bits per heavy atom. The first kappa shape index (κ1) is 55.9. The molecule has 1 aromatic rings. The molecule has 0 radical (unpaired) electrons. The molecule has 2 rings (SSSR count). The maximum absolute atomic E-state index is 13.0. The summed E-state index contributed by atoms with van der Waals surface area (Å²) < 4.78 is 16.2. The fourth-order valence-corrected chi connectivity index (χ4v) is 7.62. The quantitative estimate of drug-likeness (QED) is 0.0257. The van der Waals surface area contributed by atoms with Crippen LogP contribution in [0.4, 0.5) is 0 Å². The molecule has 3 amide bonds. The monoisotopic (exact) mass is 913 g/mol. The number of aliphatic hydroxyl groups is 4. The molecular formula is C46H77ClN4O12. The van der Waals surface area contributed by atoms with Crippen LogP contribution in [0.2, 0.25) is 5.02 Å². The fourth-order valence-electron chi connectivity index (χ4n) is 7.50. The number of ether oxygens (including phenoxy) is 3. The molecule has 360 valence electrons. The Hall–Kier alpha value is -3.22. The van der Waals surface area contributed by atoms with Gasteiger partial charge in [-0.15, -0.1) is 0 Å². The number of nitrogens with two attached hydrogens (primary N) is 1. The summed E-state index contributed by atoms with van der Waals surface area (Å²) in [4.78, 5) is 62.8. The van der Waals surface area contributed by atoms with Gasteiger partial charge in [0.15, 0.2) is 6.29 Å². The number of amides is 3. The predicted molar refractivity (Wildman–Crippen MR) is 239 cm³/mol. The zero-order valence-corrected chi connectivity index (χ0v) is 38.4. The van der Waals surface area contributed by atoms with Crippen LogP contribution in [0, 0.1) is 0 Å². The molecule has 0 bridgehead atoms. The first-order valence-electron chi connectivity index (χ1n) is 23.3. The normalized spacial score (nSPS) is 20.1. The lowest BCUT2D eigenvalue weighted by molar-refractivity contribution is -0.266. The summed E-state index contributed by atoms with van der Waals surface area (Å²) in [5.74, 6) is -3.90. The van der Waals surface area contributed by atoms with Crippen molar-refractivity contribution in [3.63, 3.8) is 0 Å². The van der Waals surface area contributed by atoms with E-state index in [0.29, 0.717) is 11.4 Å². The highest BCUT2D eigenvalue weighted by Gasteiger charge is 2.46. The summed E-state index contributed by atoms with van der Waals surface area (Å²) in [5, 5.41) is 49.4. The van der Waals surface area contributed by atoms with Crippen molar-refractivity contribution >= 4 is 41.3 Å². The Balaban J connectivity index is 1.65. The number of primary amides is 1. The Kier molecular flexibility index (Phi) is 29.5. The smallest absolute Gasteiger partial charge is 0.313 e. The molecule has 1 aromatic carbocycles. The lowest BCUT2D eigenvalue weighted by Crippen LogP contribution is -2.65. The van der Waals surface area contributed by atoms with E-state index in [9.17, 15) is 44.4 Å². The summed E-state index contributed by atoms with van der Waals surface area (Å²) in [6, 6.07) is 2.05. The number of hydrogen-bond donors (Lipinski definition) is 8. The molecule has 0 spiro atoms. The second kappa shape index (κ2) is 33.3. The highest BCUT2D eigenvalue weighted by molar-refractivity contribution is 6.30. The molecule has 1 aliphatic rings. The standard InChI is InChI=1S/C46H77ClN4O12/c1-3-4-5-6-7-8-9-10-11-12-13-14-15-16-17-18-19-20-21-22-38(54)63-39(55)28-27-35(43(48)57)50-45(59)36(30-52)49-29-32(2)61-42-40(46(60)62-37(31-53)41(42)56)51-44(58)33-23-25-34(47)26-24-33/h23-26,32,35-37,40-42,46,49,52-53,56,60H,3-22,27-31H2,1-2H3,(H2,48,57)(H,50,59)(H,51,58)/t32?,35-,36+,37-,40-,41-,42-,46+/m1/s1. The first-order valence-corrected chi connectivity index (χ1v) is 23.7. The Labute approximate surface area is 379 Å². The van der Waals surface area contributed by atoms with E-state index >= 15 is 0 Å². The maximum Gasteiger partial charge on any atom is 0.313 e. The van der Waals surface area contributed by atoms with Gasteiger partial charge < -0.3 is 56.3 Å². The molecule has 1 aliphatic heterocycles. The van der Waals surface area contributed by atoms with Crippen molar-refractivity contribution in [3.8, 4) is 0 Å². The minimum absolute atomic E-state index is 0.0986. The average Bonchev–Trinajstić information content (AvgIpc) is 3.25. The molecule has 1 saturated heterocycles. The van der Waals surface area contributed by atoms with E-state index in [2.05, 4.69) is 22.9 Å². The van der Waals surface area contributed by atoms with Gasteiger partial charge in [-0.05, 0) is 44.0 Å². The Bertz CT molecular complexity index is 1460. The molecule has 16 nitrogen and oxygen atoms in total. The molecule has 63 heavy (non-hydrogen) atoms. The Morgan fingerprint density at radius 2 is 1.27 bits per heavy atom. The Morgan fingerprint density at radius 1 is 0.762 bits per heavy atom.